The quantitative estimate of drug-likeness (QED) is 0.562. The molecule has 0 aromatic carbocycles. The van der Waals surface area contributed by atoms with Crippen LogP contribution in [0, 0.1) is 13.8 Å². The third-order valence-electron chi connectivity index (χ3n) is 5.41. The van der Waals surface area contributed by atoms with Crippen molar-refractivity contribution < 1.29 is 8.98 Å². The molecule has 6 nitrogen and oxygen atoms in total. The first-order valence-corrected chi connectivity index (χ1v) is 10.3. The molecule has 1 unspecified atom stereocenters. The van der Waals surface area contributed by atoms with Crippen LogP contribution in [0.15, 0.2) is 35.1 Å². The largest absolute Gasteiger partial charge is 0.425 e. The fourth-order valence-electron chi connectivity index (χ4n) is 3.43. The van der Waals surface area contributed by atoms with Crippen molar-refractivity contribution >= 4 is 0 Å². The summed E-state index contributed by atoms with van der Waals surface area (Å²) in [6.07, 6.45) is 4.40. The van der Waals surface area contributed by atoms with E-state index in [9.17, 15) is 0 Å². The molecular formula is C23H32N5O+. The molecule has 1 atom stereocenters. The molecule has 0 saturated carbocycles. The Bertz CT molecular complexity index is 977. The van der Waals surface area contributed by atoms with Gasteiger partial charge in [0.1, 0.15) is 6.33 Å². The molecule has 29 heavy (non-hydrogen) atoms. The van der Waals surface area contributed by atoms with Crippen LogP contribution in [-0.2, 0) is 18.4 Å². The van der Waals surface area contributed by atoms with Gasteiger partial charge in [0.05, 0.1) is 11.6 Å². The predicted octanol–water partition coefficient (Wildman–Crippen LogP) is 4.21. The Morgan fingerprint density at radius 3 is 2.48 bits per heavy atom. The average Bonchev–Trinajstić information content (AvgIpc) is 3.11. The van der Waals surface area contributed by atoms with E-state index in [1.54, 1.807) is 6.33 Å². The molecule has 6 heteroatoms. The van der Waals surface area contributed by atoms with Crippen molar-refractivity contribution in [1.82, 2.24) is 20.2 Å². The second-order valence-corrected chi connectivity index (χ2v) is 8.95. The van der Waals surface area contributed by atoms with E-state index in [2.05, 4.69) is 84.6 Å². The number of aryl methyl sites for hydroxylation is 2. The number of rotatable bonds is 7. The minimum atomic E-state index is -0.210. The summed E-state index contributed by atoms with van der Waals surface area (Å²) >= 11 is 0. The van der Waals surface area contributed by atoms with Gasteiger partial charge in [0.25, 0.3) is 0 Å². The van der Waals surface area contributed by atoms with Crippen molar-refractivity contribution in [3.63, 3.8) is 0 Å². The highest BCUT2D eigenvalue weighted by Gasteiger charge is 2.27. The molecule has 0 aliphatic rings. The van der Waals surface area contributed by atoms with Crippen LogP contribution >= 0.6 is 0 Å². The average molecular weight is 395 g/mol. The summed E-state index contributed by atoms with van der Waals surface area (Å²) in [4.78, 5) is 8.61. The van der Waals surface area contributed by atoms with E-state index in [1.165, 1.54) is 11.3 Å². The maximum atomic E-state index is 6.03. The van der Waals surface area contributed by atoms with Gasteiger partial charge in [-0.3, -0.25) is 0 Å². The third-order valence-corrected chi connectivity index (χ3v) is 5.41. The van der Waals surface area contributed by atoms with Crippen LogP contribution < -0.4 is 4.57 Å². The smallest absolute Gasteiger partial charge is 0.225 e. The fraction of sp³-hybridized carbons (Fsp3) is 0.522. The van der Waals surface area contributed by atoms with E-state index in [-0.39, 0.29) is 11.3 Å². The van der Waals surface area contributed by atoms with Crippen LogP contribution in [0.3, 0.4) is 0 Å². The van der Waals surface area contributed by atoms with Gasteiger partial charge in [-0.15, -0.1) is 10.2 Å². The minimum absolute atomic E-state index is 0.134. The lowest BCUT2D eigenvalue weighted by Gasteiger charge is -2.22. The lowest BCUT2D eigenvalue weighted by atomic mass is 9.85. The van der Waals surface area contributed by atoms with E-state index >= 15 is 0 Å². The maximum absolute atomic E-state index is 6.03. The topological polar surface area (TPSA) is 68.6 Å². The molecule has 0 fully saturated rings. The molecule has 0 aliphatic heterocycles. The summed E-state index contributed by atoms with van der Waals surface area (Å²) in [6.45, 7) is 15.7. The monoisotopic (exact) mass is 394 g/mol. The lowest BCUT2D eigenvalue weighted by Crippen LogP contribution is -2.39. The maximum Gasteiger partial charge on any atom is 0.225 e. The molecular weight excluding hydrogens is 362 g/mol. The van der Waals surface area contributed by atoms with E-state index in [0.29, 0.717) is 24.1 Å². The highest BCUT2D eigenvalue weighted by Crippen LogP contribution is 2.26. The Hall–Kier alpha value is -2.63. The Balaban J connectivity index is 1.71. The van der Waals surface area contributed by atoms with Gasteiger partial charge in [-0.25, -0.2) is 14.5 Å². The standard InChI is InChI=1S/C23H32N5O/c1-15(2)19-8-9-28(18(5)11-19)13-16(3)22-27-26-21(29-22)12-23(6,7)20-10-17(4)24-14-25-20/h8-11,14-16H,12-13H2,1-7H3/q+1. The lowest BCUT2D eigenvalue weighted by molar-refractivity contribution is -0.705. The SMILES string of the molecule is Cc1cc(C(C)(C)Cc2nnc(C(C)C[n+]3ccc(C(C)C)cc3C)o2)ncn1. The van der Waals surface area contributed by atoms with E-state index in [4.69, 9.17) is 4.42 Å². The molecule has 0 aliphatic carbocycles. The van der Waals surface area contributed by atoms with Crippen molar-refractivity contribution in [2.24, 2.45) is 0 Å². The molecule has 0 radical (unpaired) electrons. The van der Waals surface area contributed by atoms with E-state index in [0.717, 1.165) is 17.9 Å². The molecule has 0 bridgehead atoms. The number of hydrogen-bond acceptors (Lipinski definition) is 5. The normalized spacial score (nSPS) is 13.1. The fourth-order valence-corrected chi connectivity index (χ4v) is 3.43. The van der Waals surface area contributed by atoms with Crippen LogP contribution in [0.5, 0.6) is 0 Å². The summed E-state index contributed by atoms with van der Waals surface area (Å²) in [7, 11) is 0. The number of hydrogen-bond donors (Lipinski definition) is 0. The Labute approximate surface area is 173 Å². The van der Waals surface area contributed by atoms with Gasteiger partial charge in [0.2, 0.25) is 11.8 Å². The van der Waals surface area contributed by atoms with E-state index in [1.807, 2.05) is 13.0 Å². The van der Waals surface area contributed by atoms with Crippen LogP contribution in [0.2, 0.25) is 0 Å². The first-order valence-electron chi connectivity index (χ1n) is 10.3. The van der Waals surface area contributed by atoms with Gasteiger partial charge in [-0.2, -0.15) is 0 Å². The number of nitrogens with zero attached hydrogens (tertiary/aromatic N) is 5. The first-order chi connectivity index (χ1) is 13.7. The second kappa shape index (κ2) is 8.39. The van der Waals surface area contributed by atoms with Crippen molar-refractivity contribution in [2.45, 2.75) is 78.7 Å². The van der Waals surface area contributed by atoms with Crippen LogP contribution in [0.25, 0.3) is 0 Å². The zero-order valence-corrected chi connectivity index (χ0v) is 18.6. The molecule has 3 aromatic rings. The van der Waals surface area contributed by atoms with Gasteiger partial charge in [0.15, 0.2) is 18.4 Å². The first kappa shape index (κ1) is 21.1. The molecule has 0 saturated heterocycles. The Morgan fingerprint density at radius 2 is 1.83 bits per heavy atom. The van der Waals surface area contributed by atoms with Gasteiger partial charge in [-0.1, -0.05) is 27.7 Å². The molecule has 154 valence electrons. The van der Waals surface area contributed by atoms with Crippen LogP contribution in [-0.4, -0.2) is 20.2 Å². The van der Waals surface area contributed by atoms with Crippen molar-refractivity contribution in [3.05, 3.63) is 65.1 Å². The minimum Gasteiger partial charge on any atom is -0.425 e. The highest BCUT2D eigenvalue weighted by molar-refractivity contribution is 5.18. The molecule has 3 heterocycles. The summed E-state index contributed by atoms with van der Waals surface area (Å²) in [5.74, 6) is 1.98. The molecule has 0 N–H and O–H groups in total. The van der Waals surface area contributed by atoms with Crippen molar-refractivity contribution in [2.75, 3.05) is 0 Å². The Morgan fingerprint density at radius 1 is 1.07 bits per heavy atom. The van der Waals surface area contributed by atoms with Crippen molar-refractivity contribution in [3.8, 4) is 0 Å². The summed E-state index contributed by atoms with van der Waals surface area (Å²) in [5.41, 5.74) is 4.32. The molecule has 0 spiro atoms. The van der Waals surface area contributed by atoms with Gasteiger partial charge in [0, 0.05) is 36.6 Å². The summed E-state index contributed by atoms with van der Waals surface area (Å²) in [5, 5.41) is 8.62. The van der Waals surface area contributed by atoms with Gasteiger partial charge >= 0.3 is 0 Å². The second-order valence-electron chi connectivity index (χ2n) is 8.95. The number of pyridine rings is 1. The van der Waals surface area contributed by atoms with Crippen molar-refractivity contribution in [1.29, 1.82) is 0 Å². The summed E-state index contributed by atoms with van der Waals surface area (Å²) in [6, 6.07) is 6.46. The van der Waals surface area contributed by atoms with Crippen LogP contribution in [0.1, 0.15) is 80.9 Å². The summed E-state index contributed by atoms with van der Waals surface area (Å²) < 4.78 is 8.27. The Kier molecular flexibility index (Phi) is 6.10. The molecule has 3 aromatic heterocycles. The zero-order chi connectivity index (χ0) is 21.2. The predicted molar refractivity (Wildman–Crippen MR) is 112 cm³/mol. The zero-order valence-electron chi connectivity index (χ0n) is 18.6. The van der Waals surface area contributed by atoms with E-state index < -0.39 is 0 Å². The highest BCUT2D eigenvalue weighted by atomic mass is 16.4. The molecule has 3 rings (SSSR count). The van der Waals surface area contributed by atoms with Gasteiger partial charge < -0.3 is 4.42 Å². The molecule has 0 amide bonds. The third kappa shape index (κ3) is 5.05. The van der Waals surface area contributed by atoms with Gasteiger partial charge in [-0.05, 0) is 31.4 Å². The number of aromatic nitrogens is 5. The van der Waals surface area contributed by atoms with Crippen LogP contribution in [0.4, 0.5) is 0 Å².